The van der Waals surface area contributed by atoms with Crippen molar-refractivity contribution in [2.45, 2.75) is 6.92 Å². The second-order valence-electron chi connectivity index (χ2n) is 4.73. The molecule has 1 aromatic carbocycles. The van der Waals surface area contributed by atoms with Crippen molar-refractivity contribution in [1.82, 2.24) is 9.97 Å². The van der Waals surface area contributed by atoms with Gasteiger partial charge in [0.2, 0.25) is 0 Å². The lowest BCUT2D eigenvalue weighted by molar-refractivity contribution is 0.479. The average molecular weight is 279 g/mol. The van der Waals surface area contributed by atoms with Gasteiger partial charge in [0.25, 0.3) is 5.56 Å². The van der Waals surface area contributed by atoms with E-state index in [2.05, 4.69) is 15.0 Å². The maximum absolute atomic E-state index is 12.0. The van der Waals surface area contributed by atoms with E-state index in [1.165, 1.54) is 6.21 Å². The minimum atomic E-state index is -0.373. The molecule has 0 saturated carbocycles. The van der Waals surface area contributed by atoms with E-state index in [1.807, 2.05) is 19.1 Å². The van der Waals surface area contributed by atoms with E-state index in [0.29, 0.717) is 16.6 Å². The van der Waals surface area contributed by atoms with Crippen LogP contribution in [0.3, 0.4) is 0 Å². The number of nitrogens with one attached hydrogen (secondary N) is 1. The summed E-state index contributed by atoms with van der Waals surface area (Å²) in [5, 5.41) is 10.9. The number of aromatic amines is 1. The Kier molecular flexibility index (Phi) is 3.23. The first-order chi connectivity index (χ1) is 10.1. The quantitative estimate of drug-likeness (QED) is 0.708. The predicted octanol–water partition coefficient (Wildman–Crippen LogP) is 2.69. The molecule has 0 unspecified atom stereocenters. The number of benzene rings is 1. The Hall–Kier alpha value is -2.95. The summed E-state index contributed by atoms with van der Waals surface area (Å²) in [5.41, 5.74) is 2.03. The molecule has 21 heavy (non-hydrogen) atoms. The predicted molar refractivity (Wildman–Crippen MR) is 82.5 cm³/mol. The van der Waals surface area contributed by atoms with Crippen LogP contribution in [-0.2, 0) is 0 Å². The van der Waals surface area contributed by atoms with Crippen molar-refractivity contribution in [3.05, 3.63) is 64.2 Å². The Bertz CT molecular complexity index is 883. The highest BCUT2D eigenvalue weighted by Gasteiger charge is 2.10. The Balaban J connectivity index is 2.14. The molecule has 2 aromatic heterocycles. The van der Waals surface area contributed by atoms with Crippen LogP contribution in [-0.4, -0.2) is 21.3 Å². The van der Waals surface area contributed by atoms with E-state index in [4.69, 9.17) is 0 Å². The number of fused-ring (bicyclic) bond motifs is 1. The summed E-state index contributed by atoms with van der Waals surface area (Å²) in [4.78, 5) is 22.9. The summed E-state index contributed by atoms with van der Waals surface area (Å²) in [6, 6.07) is 8.91. The van der Waals surface area contributed by atoms with Crippen molar-refractivity contribution in [2.75, 3.05) is 0 Å². The number of nitrogens with zero attached hydrogens (tertiary/aromatic N) is 2. The minimum Gasteiger partial charge on any atom is -0.506 e. The fourth-order valence-electron chi connectivity index (χ4n) is 2.09. The van der Waals surface area contributed by atoms with Gasteiger partial charge in [0, 0.05) is 24.0 Å². The number of aromatic nitrogens is 2. The summed E-state index contributed by atoms with van der Waals surface area (Å²) in [6.07, 6.45) is 4.59. The molecule has 104 valence electrons. The maximum Gasteiger partial charge on any atom is 0.261 e. The van der Waals surface area contributed by atoms with Crippen LogP contribution in [0.4, 0.5) is 5.69 Å². The summed E-state index contributed by atoms with van der Waals surface area (Å²) in [5.74, 6) is -0.0599. The van der Waals surface area contributed by atoms with Gasteiger partial charge in [-0.25, -0.2) is 0 Å². The van der Waals surface area contributed by atoms with E-state index in [-0.39, 0.29) is 16.9 Å². The number of pyridine rings is 2. The molecule has 0 radical (unpaired) electrons. The fourth-order valence-corrected chi connectivity index (χ4v) is 2.09. The molecule has 5 heteroatoms. The van der Waals surface area contributed by atoms with E-state index in [0.717, 1.165) is 5.56 Å². The highest BCUT2D eigenvalue weighted by atomic mass is 16.3. The van der Waals surface area contributed by atoms with Crippen LogP contribution < -0.4 is 5.56 Å². The van der Waals surface area contributed by atoms with Crippen LogP contribution in [0.2, 0.25) is 0 Å². The smallest absolute Gasteiger partial charge is 0.261 e. The zero-order valence-electron chi connectivity index (χ0n) is 11.4. The number of H-pyrrole nitrogens is 1. The standard InChI is InChI=1S/C16H13N3O2/c1-10-2-3-14-12(8-10)15(20)13(16(21)19-14)9-18-11-4-6-17-7-5-11/h2-9H,1H3,(H2,19,20,21). The molecule has 3 rings (SSSR count). The van der Waals surface area contributed by atoms with Crippen LogP contribution in [0.25, 0.3) is 10.9 Å². The molecule has 0 amide bonds. The lowest BCUT2D eigenvalue weighted by Crippen LogP contribution is -2.12. The Morgan fingerprint density at radius 2 is 2.00 bits per heavy atom. The molecule has 0 spiro atoms. The molecular formula is C16H13N3O2. The number of aromatic hydroxyl groups is 1. The van der Waals surface area contributed by atoms with Crippen molar-refractivity contribution in [1.29, 1.82) is 0 Å². The van der Waals surface area contributed by atoms with Gasteiger partial charge in [-0.2, -0.15) is 0 Å². The SMILES string of the molecule is Cc1ccc2[nH]c(=O)c(C=Nc3ccncc3)c(O)c2c1. The molecule has 0 saturated heterocycles. The van der Waals surface area contributed by atoms with Crippen LogP contribution in [0.5, 0.6) is 5.75 Å². The highest BCUT2D eigenvalue weighted by molar-refractivity contribution is 5.95. The first-order valence-electron chi connectivity index (χ1n) is 6.45. The van der Waals surface area contributed by atoms with Crippen LogP contribution in [0.1, 0.15) is 11.1 Å². The Morgan fingerprint density at radius 1 is 1.24 bits per heavy atom. The zero-order chi connectivity index (χ0) is 14.8. The highest BCUT2D eigenvalue weighted by Crippen LogP contribution is 2.25. The molecule has 3 aromatic rings. The van der Waals surface area contributed by atoms with Crippen molar-refractivity contribution in [3.63, 3.8) is 0 Å². The normalized spacial score (nSPS) is 11.3. The van der Waals surface area contributed by atoms with E-state index >= 15 is 0 Å². The second kappa shape index (κ2) is 5.20. The second-order valence-corrected chi connectivity index (χ2v) is 4.73. The largest absolute Gasteiger partial charge is 0.506 e. The van der Waals surface area contributed by atoms with Gasteiger partial charge < -0.3 is 10.1 Å². The van der Waals surface area contributed by atoms with Crippen molar-refractivity contribution < 1.29 is 5.11 Å². The lowest BCUT2D eigenvalue weighted by Gasteiger charge is -2.05. The summed E-state index contributed by atoms with van der Waals surface area (Å²) < 4.78 is 0. The molecule has 0 aliphatic rings. The topological polar surface area (TPSA) is 78.3 Å². The zero-order valence-corrected chi connectivity index (χ0v) is 11.4. The molecule has 2 heterocycles. The molecule has 2 N–H and O–H groups in total. The first-order valence-corrected chi connectivity index (χ1v) is 6.45. The number of rotatable bonds is 2. The van der Waals surface area contributed by atoms with E-state index in [1.54, 1.807) is 30.6 Å². The van der Waals surface area contributed by atoms with Crippen LogP contribution >= 0.6 is 0 Å². The summed E-state index contributed by atoms with van der Waals surface area (Å²) in [7, 11) is 0. The first kappa shape index (κ1) is 13.1. The molecule has 0 aliphatic heterocycles. The van der Waals surface area contributed by atoms with Gasteiger partial charge in [-0.1, -0.05) is 11.6 Å². The van der Waals surface area contributed by atoms with E-state index < -0.39 is 0 Å². The molecular weight excluding hydrogens is 266 g/mol. The van der Waals surface area contributed by atoms with Gasteiger partial charge in [-0.05, 0) is 31.2 Å². The Labute approximate surface area is 120 Å². The fraction of sp³-hybridized carbons (Fsp3) is 0.0625. The number of aliphatic imine (C=N–C) groups is 1. The van der Waals surface area contributed by atoms with Gasteiger partial charge in [0.1, 0.15) is 11.3 Å². The molecule has 0 atom stereocenters. The molecule has 5 nitrogen and oxygen atoms in total. The maximum atomic E-state index is 12.0. The minimum absolute atomic E-state index is 0.0599. The Morgan fingerprint density at radius 3 is 2.76 bits per heavy atom. The van der Waals surface area contributed by atoms with Gasteiger partial charge in [0.05, 0.1) is 11.2 Å². The lowest BCUT2D eigenvalue weighted by atomic mass is 10.1. The number of aryl methyl sites for hydroxylation is 1. The van der Waals surface area contributed by atoms with Gasteiger partial charge in [-0.15, -0.1) is 0 Å². The average Bonchev–Trinajstić information content (AvgIpc) is 2.49. The molecule has 0 bridgehead atoms. The third kappa shape index (κ3) is 2.53. The third-order valence-electron chi connectivity index (χ3n) is 3.18. The number of hydrogen-bond donors (Lipinski definition) is 2. The summed E-state index contributed by atoms with van der Waals surface area (Å²) >= 11 is 0. The van der Waals surface area contributed by atoms with E-state index in [9.17, 15) is 9.90 Å². The van der Waals surface area contributed by atoms with Crippen LogP contribution in [0.15, 0.2) is 52.5 Å². The molecule has 0 fully saturated rings. The van der Waals surface area contributed by atoms with Crippen molar-refractivity contribution >= 4 is 22.8 Å². The van der Waals surface area contributed by atoms with Gasteiger partial charge in [-0.3, -0.25) is 14.8 Å². The van der Waals surface area contributed by atoms with Gasteiger partial charge >= 0.3 is 0 Å². The van der Waals surface area contributed by atoms with Gasteiger partial charge in [0.15, 0.2) is 0 Å². The number of hydrogen-bond acceptors (Lipinski definition) is 4. The third-order valence-corrected chi connectivity index (χ3v) is 3.18. The monoisotopic (exact) mass is 279 g/mol. The van der Waals surface area contributed by atoms with Crippen molar-refractivity contribution in [2.24, 2.45) is 4.99 Å². The molecule has 0 aliphatic carbocycles. The summed E-state index contributed by atoms with van der Waals surface area (Å²) in [6.45, 7) is 1.93. The van der Waals surface area contributed by atoms with Crippen molar-refractivity contribution in [3.8, 4) is 5.75 Å². The van der Waals surface area contributed by atoms with Crippen LogP contribution in [0, 0.1) is 6.92 Å².